The Morgan fingerprint density at radius 1 is 1.33 bits per heavy atom. The molecule has 1 N–H and O–H groups in total. The SMILES string of the molecule is C=CC1OC1OC(C(F)(F)F)C(F)(F)S(=O)(=O)O. The van der Waals surface area contributed by atoms with Crippen LogP contribution in [0.15, 0.2) is 12.7 Å². The van der Waals surface area contributed by atoms with Crippen molar-refractivity contribution in [2.45, 2.75) is 29.9 Å². The molecule has 0 aromatic rings. The van der Waals surface area contributed by atoms with Gasteiger partial charge in [-0.3, -0.25) is 4.55 Å². The number of hydrogen-bond acceptors (Lipinski definition) is 4. The molecule has 0 aromatic carbocycles. The van der Waals surface area contributed by atoms with Crippen LogP contribution >= 0.6 is 0 Å². The Labute approximate surface area is 97.9 Å². The summed E-state index contributed by atoms with van der Waals surface area (Å²) in [4.78, 5) is 0. The fraction of sp³-hybridized carbons (Fsp3) is 0.714. The molecule has 1 fully saturated rings. The second-order valence-electron chi connectivity index (χ2n) is 3.30. The molecule has 11 heteroatoms. The lowest BCUT2D eigenvalue weighted by atomic mass is 10.3. The lowest BCUT2D eigenvalue weighted by molar-refractivity contribution is -0.274. The topological polar surface area (TPSA) is 76.1 Å². The summed E-state index contributed by atoms with van der Waals surface area (Å²) in [6.07, 6.45) is -11.5. The molecule has 1 rings (SSSR count). The van der Waals surface area contributed by atoms with Gasteiger partial charge in [0.15, 0.2) is 6.29 Å². The second-order valence-corrected chi connectivity index (χ2v) is 4.79. The average molecular weight is 298 g/mol. The van der Waals surface area contributed by atoms with E-state index in [-0.39, 0.29) is 0 Å². The molecule has 3 atom stereocenters. The first-order valence-electron chi connectivity index (χ1n) is 4.26. The van der Waals surface area contributed by atoms with Crippen LogP contribution in [0.4, 0.5) is 22.0 Å². The van der Waals surface area contributed by atoms with Crippen LogP contribution in [0.2, 0.25) is 0 Å². The predicted octanol–water partition coefficient (Wildman–Crippen LogP) is 1.33. The Hall–Kier alpha value is -0.780. The highest BCUT2D eigenvalue weighted by atomic mass is 32.2. The van der Waals surface area contributed by atoms with Crippen LogP contribution in [-0.4, -0.2) is 42.9 Å². The van der Waals surface area contributed by atoms with Crippen molar-refractivity contribution >= 4 is 10.1 Å². The maximum absolute atomic E-state index is 12.9. The van der Waals surface area contributed by atoms with Crippen LogP contribution in [-0.2, 0) is 19.6 Å². The summed E-state index contributed by atoms with van der Waals surface area (Å²) in [5.74, 6) is 0. The Balaban J connectivity index is 2.97. The minimum atomic E-state index is -6.29. The molecule has 0 bridgehead atoms. The summed E-state index contributed by atoms with van der Waals surface area (Å²) in [5, 5.41) is -5.54. The van der Waals surface area contributed by atoms with Crippen LogP contribution in [0.5, 0.6) is 0 Å². The largest absolute Gasteiger partial charge is 0.421 e. The Morgan fingerprint density at radius 2 is 1.83 bits per heavy atom. The van der Waals surface area contributed by atoms with Gasteiger partial charge in [-0.1, -0.05) is 6.08 Å². The molecular weight excluding hydrogens is 291 g/mol. The van der Waals surface area contributed by atoms with Gasteiger partial charge in [0.1, 0.15) is 6.10 Å². The lowest BCUT2D eigenvalue weighted by Crippen LogP contribution is -2.51. The minimum absolute atomic E-state index is 0.990. The van der Waals surface area contributed by atoms with Crippen molar-refractivity contribution in [1.29, 1.82) is 0 Å². The molecule has 0 spiro atoms. The molecule has 5 nitrogen and oxygen atoms in total. The zero-order chi connectivity index (χ0) is 14.4. The van der Waals surface area contributed by atoms with Crippen molar-refractivity contribution in [2.24, 2.45) is 0 Å². The van der Waals surface area contributed by atoms with Crippen LogP contribution in [0.25, 0.3) is 0 Å². The molecule has 1 saturated heterocycles. The van der Waals surface area contributed by atoms with Crippen molar-refractivity contribution < 1.29 is 44.4 Å². The molecule has 0 saturated carbocycles. The third kappa shape index (κ3) is 2.96. The van der Waals surface area contributed by atoms with Gasteiger partial charge in [-0.25, -0.2) is 0 Å². The fourth-order valence-electron chi connectivity index (χ4n) is 1.00. The van der Waals surface area contributed by atoms with E-state index in [2.05, 4.69) is 16.1 Å². The Morgan fingerprint density at radius 3 is 2.11 bits per heavy atom. The first-order valence-corrected chi connectivity index (χ1v) is 5.70. The van der Waals surface area contributed by atoms with Gasteiger partial charge in [-0.05, 0) is 0 Å². The molecule has 0 aliphatic carbocycles. The van der Waals surface area contributed by atoms with Crippen molar-refractivity contribution in [3.8, 4) is 0 Å². The molecule has 1 aliphatic rings. The summed E-state index contributed by atoms with van der Waals surface area (Å²) in [6, 6.07) is 0. The first-order chi connectivity index (χ1) is 7.91. The van der Waals surface area contributed by atoms with Gasteiger partial charge < -0.3 is 9.47 Å². The van der Waals surface area contributed by atoms with Gasteiger partial charge in [-0.15, -0.1) is 6.58 Å². The van der Waals surface area contributed by atoms with Gasteiger partial charge in [-0.2, -0.15) is 30.4 Å². The minimum Gasteiger partial charge on any atom is -0.337 e. The lowest BCUT2D eigenvalue weighted by Gasteiger charge is -2.25. The third-order valence-corrected chi connectivity index (χ3v) is 2.83. The van der Waals surface area contributed by atoms with E-state index >= 15 is 0 Å². The van der Waals surface area contributed by atoms with Crippen molar-refractivity contribution in [3.05, 3.63) is 12.7 Å². The zero-order valence-corrected chi connectivity index (χ0v) is 9.21. The highest BCUT2D eigenvalue weighted by Gasteiger charge is 2.66. The number of ether oxygens (including phenoxy) is 2. The Bertz CT molecular complexity index is 430. The predicted molar refractivity (Wildman–Crippen MR) is 46.3 cm³/mol. The van der Waals surface area contributed by atoms with E-state index in [0.717, 1.165) is 6.08 Å². The van der Waals surface area contributed by atoms with E-state index in [4.69, 9.17) is 4.55 Å². The van der Waals surface area contributed by atoms with E-state index in [0.29, 0.717) is 0 Å². The Kier molecular flexibility index (Phi) is 3.74. The first kappa shape index (κ1) is 15.3. The summed E-state index contributed by atoms with van der Waals surface area (Å²) in [5.41, 5.74) is 0. The standard InChI is InChI=1S/C7H7F5O5S/c1-2-3-4(16-3)17-5(6(8,9)10)7(11,12)18(13,14)15/h2-5H,1H2,(H,13,14,15). The molecule has 1 heterocycles. The van der Waals surface area contributed by atoms with Gasteiger partial charge in [0.25, 0.3) is 0 Å². The second kappa shape index (κ2) is 4.40. The average Bonchev–Trinajstić information content (AvgIpc) is 2.88. The number of hydrogen-bond donors (Lipinski definition) is 1. The highest BCUT2D eigenvalue weighted by Crippen LogP contribution is 2.41. The van der Waals surface area contributed by atoms with Crippen molar-refractivity contribution in [2.75, 3.05) is 0 Å². The van der Waals surface area contributed by atoms with E-state index in [1.807, 2.05) is 0 Å². The van der Waals surface area contributed by atoms with E-state index in [1.54, 1.807) is 0 Å². The monoisotopic (exact) mass is 298 g/mol. The van der Waals surface area contributed by atoms with E-state index < -0.39 is 40.0 Å². The normalized spacial score (nSPS) is 26.8. The quantitative estimate of drug-likeness (QED) is 0.358. The molecule has 18 heavy (non-hydrogen) atoms. The summed E-state index contributed by atoms with van der Waals surface area (Å²) in [7, 11) is -6.29. The van der Waals surface area contributed by atoms with Gasteiger partial charge in [0.2, 0.25) is 6.10 Å². The number of rotatable bonds is 5. The summed E-state index contributed by atoms with van der Waals surface area (Å²) >= 11 is 0. The molecule has 0 amide bonds. The molecule has 3 unspecified atom stereocenters. The smallest absolute Gasteiger partial charge is 0.337 e. The molecule has 1 aliphatic heterocycles. The maximum Gasteiger partial charge on any atom is 0.421 e. The van der Waals surface area contributed by atoms with E-state index in [9.17, 15) is 30.4 Å². The summed E-state index contributed by atoms with van der Waals surface area (Å²) < 4.78 is 99.6. The number of epoxide rings is 1. The maximum atomic E-state index is 12.9. The molecule has 106 valence electrons. The molecule has 0 aromatic heterocycles. The van der Waals surface area contributed by atoms with Gasteiger partial charge in [0, 0.05) is 0 Å². The number of alkyl halides is 5. The highest BCUT2D eigenvalue weighted by molar-refractivity contribution is 7.86. The van der Waals surface area contributed by atoms with Crippen LogP contribution < -0.4 is 0 Å². The van der Waals surface area contributed by atoms with Gasteiger partial charge >= 0.3 is 21.5 Å². The van der Waals surface area contributed by atoms with Crippen LogP contribution in [0, 0.1) is 0 Å². The zero-order valence-electron chi connectivity index (χ0n) is 8.39. The number of halogens is 5. The van der Waals surface area contributed by atoms with Crippen molar-refractivity contribution in [3.63, 3.8) is 0 Å². The van der Waals surface area contributed by atoms with Crippen LogP contribution in [0.1, 0.15) is 0 Å². The summed E-state index contributed by atoms with van der Waals surface area (Å²) in [6.45, 7) is 3.11. The van der Waals surface area contributed by atoms with Crippen LogP contribution in [0.3, 0.4) is 0 Å². The third-order valence-electron chi connectivity index (χ3n) is 1.93. The van der Waals surface area contributed by atoms with Crippen molar-refractivity contribution in [1.82, 2.24) is 0 Å². The van der Waals surface area contributed by atoms with E-state index in [1.165, 1.54) is 0 Å². The fourth-order valence-corrected chi connectivity index (χ4v) is 1.46. The van der Waals surface area contributed by atoms with Gasteiger partial charge in [0.05, 0.1) is 0 Å². The molecule has 0 radical (unpaired) electrons. The molecular formula is C7H7F5O5S.